The molecule has 112 valence electrons. The van der Waals surface area contributed by atoms with Gasteiger partial charge in [0.2, 0.25) is 10.0 Å². The Hall–Kier alpha value is -0.830. The van der Waals surface area contributed by atoms with E-state index in [-0.39, 0.29) is 18.0 Å². The monoisotopic (exact) mass is 320 g/mol. The van der Waals surface area contributed by atoms with Gasteiger partial charge in [-0.3, -0.25) is 4.21 Å². The summed E-state index contributed by atoms with van der Waals surface area (Å²) in [4.78, 5) is -0.307. The maximum Gasteiger partial charge on any atom is 0.246 e. The van der Waals surface area contributed by atoms with Crippen molar-refractivity contribution < 1.29 is 17.0 Å². The van der Waals surface area contributed by atoms with E-state index in [2.05, 4.69) is 5.32 Å². The molecule has 2 rings (SSSR count). The van der Waals surface area contributed by atoms with Crippen LogP contribution in [0.4, 0.5) is 4.39 Å². The van der Waals surface area contributed by atoms with Crippen LogP contribution in [-0.2, 0) is 27.4 Å². The Bertz CT molecular complexity index is 609. The molecule has 0 aliphatic carbocycles. The van der Waals surface area contributed by atoms with Gasteiger partial charge in [-0.25, -0.2) is 12.8 Å². The summed E-state index contributed by atoms with van der Waals surface area (Å²) in [5.41, 5.74) is 0.702. The van der Waals surface area contributed by atoms with E-state index in [1.807, 2.05) is 0 Å². The number of hydrogen-bond acceptors (Lipinski definition) is 4. The highest BCUT2D eigenvalue weighted by atomic mass is 32.2. The summed E-state index contributed by atoms with van der Waals surface area (Å²) >= 11 is 0. The summed E-state index contributed by atoms with van der Waals surface area (Å²) < 4.78 is 51.2. The number of benzene rings is 1. The summed E-state index contributed by atoms with van der Waals surface area (Å²) in [7, 11) is -3.10. The Morgan fingerprint density at radius 2 is 2.00 bits per heavy atom. The Morgan fingerprint density at radius 1 is 1.35 bits per heavy atom. The summed E-state index contributed by atoms with van der Waals surface area (Å²) in [6, 6.07) is 4.07. The highest BCUT2D eigenvalue weighted by Gasteiger charge is 2.30. The molecule has 0 spiro atoms. The van der Waals surface area contributed by atoms with Crippen LogP contribution in [0.3, 0.4) is 0 Å². The molecule has 1 aromatic carbocycles. The predicted octanol–water partition coefficient (Wildman–Crippen LogP) is 0.298. The molecular formula is C12H17FN2O3S2. The first-order valence-corrected chi connectivity index (χ1v) is 9.16. The molecule has 0 saturated carbocycles. The normalized spacial score (nSPS) is 18.3. The van der Waals surface area contributed by atoms with Crippen molar-refractivity contribution in [2.75, 3.05) is 31.6 Å². The molecule has 0 amide bonds. The number of hydrogen-bond donors (Lipinski definition) is 1. The van der Waals surface area contributed by atoms with Crippen molar-refractivity contribution in [2.45, 2.75) is 11.4 Å². The minimum absolute atomic E-state index is 0.171. The zero-order valence-electron chi connectivity index (χ0n) is 11.1. The Balaban J connectivity index is 2.33. The fraction of sp³-hybridized carbons (Fsp3) is 0.500. The maximum absolute atomic E-state index is 13.9. The molecule has 5 nitrogen and oxygen atoms in total. The Kier molecular flexibility index (Phi) is 4.90. The lowest BCUT2D eigenvalue weighted by molar-refractivity contribution is 0.434. The van der Waals surface area contributed by atoms with E-state index in [4.69, 9.17) is 0 Å². The average molecular weight is 320 g/mol. The zero-order valence-corrected chi connectivity index (χ0v) is 12.8. The summed E-state index contributed by atoms with van der Waals surface area (Å²) in [5.74, 6) is -0.148. The zero-order chi connectivity index (χ0) is 14.8. The number of sulfonamides is 1. The van der Waals surface area contributed by atoms with Crippen molar-refractivity contribution in [1.29, 1.82) is 0 Å². The molecule has 1 aliphatic heterocycles. The van der Waals surface area contributed by atoms with Crippen molar-refractivity contribution >= 4 is 20.8 Å². The lowest BCUT2D eigenvalue weighted by Crippen LogP contribution is -2.42. The van der Waals surface area contributed by atoms with E-state index >= 15 is 0 Å². The molecule has 1 saturated heterocycles. The van der Waals surface area contributed by atoms with Gasteiger partial charge in [-0.1, -0.05) is 6.07 Å². The van der Waals surface area contributed by atoms with Crippen LogP contribution in [0, 0.1) is 5.82 Å². The summed E-state index contributed by atoms with van der Waals surface area (Å²) in [5, 5.41) is 2.90. The second-order valence-electron chi connectivity index (χ2n) is 4.55. The molecular weight excluding hydrogens is 303 g/mol. The van der Waals surface area contributed by atoms with E-state index in [0.29, 0.717) is 23.6 Å². The average Bonchev–Trinajstić information content (AvgIpc) is 2.41. The van der Waals surface area contributed by atoms with Crippen LogP contribution in [0.15, 0.2) is 23.1 Å². The van der Waals surface area contributed by atoms with E-state index in [9.17, 15) is 17.0 Å². The van der Waals surface area contributed by atoms with Crippen LogP contribution >= 0.6 is 0 Å². The molecule has 8 heteroatoms. The minimum atomic E-state index is -3.86. The standard InChI is InChI=1S/C12H17FN2O3S2/c1-14-9-10-2-3-11(13)12(8-10)20(17,18)15-4-6-19(16)7-5-15/h2-3,8,14H,4-7,9H2,1H3. The molecule has 1 aromatic rings. The topological polar surface area (TPSA) is 66.5 Å². The highest BCUT2D eigenvalue weighted by molar-refractivity contribution is 7.89. The van der Waals surface area contributed by atoms with Crippen molar-refractivity contribution in [3.63, 3.8) is 0 Å². The quantitative estimate of drug-likeness (QED) is 0.866. The molecule has 0 aromatic heterocycles. The first-order chi connectivity index (χ1) is 9.45. The SMILES string of the molecule is CNCc1ccc(F)c(S(=O)(=O)N2CCS(=O)CC2)c1. The van der Waals surface area contributed by atoms with Crippen LogP contribution in [-0.4, -0.2) is 48.6 Å². The van der Waals surface area contributed by atoms with Crippen molar-refractivity contribution in [3.05, 3.63) is 29.6 Å². The molecule has 1 heterocycles. The van der Waals surface area contributed by atoms with Gasteiger partial charge in [0, 0.05) is 41.9 Å². The number of nitrogens with one attached hydrogen (secondary N) is 1. The van der Waals surface area contributed by atoms with Gasteiger partial charge in [0.15, 0.2) is 0 Å². The van der Waals surface area contributed by atoms with E-state index in [1.54, 1.807) is 13.1 Å². The third kappa shape index (κ3) is 3.25. The van der Waals surface area contributed by atoms with E-state index < -0.39 is 26.6 Å². The van der Waals surface area contributed by atoms with Crippen LogP contribution in [0.5, 0.6) is 0 Å². The van der Waals surface area contributed by atoms with Crippen molar-refractivity contribution in [3.8, 4) is 0 Å². The van der Waals surface area contributed by atoms with Gasteiger partial charge >= 0.3 is 0 Å². The fourth-order valence-electron chi connectivity index (χ4n) is 2.06. The van der Waals surface area contributed by atoms with Crippen LogP contribution in [0.2, 0.25) is 0 Å². The highest BCUT2D eigenvalue weighted by Crippen LogP contribution is 2.22. The number of halogens is 1. The van der Waals surface area contributed by atoms with Gasteiger partial charge in [-0.2, -0.15) is 4.31 Å². The number of nitrogens with zero attached hydrogens (tertiary/aromatic N) is 1. The Labute approximate surface area is 120 Å². The molecule has 1 N–H and O–H groups in total. The summed E-state index contributed by atoms with van der Waals surface area (Å²) in [6.07, 6.45) is 0. The van der Waals surface area contributed by atoms with Crippen molar-refractivity contribution in [1.82, 2.24) is 9.62 Å². The second kappa shape index (κ2) is 6.30. The fourth-order valence-corrected chi connectivity index (χ4v) is 4.90. The molecule has 1 aliphatic rings. The molecule has 0 bridgehead atoms. The van der Waals surface area contributed by atoms with Crippen LogP contribution in [0.25, 0.3) is 0 Å². The van der Waals surface area contributed by atoms with Crippen LogP contribution in [0.1, 0.15) is 5.56 Å². The van der Waals surface area contributed by atoms with Gasteiger partial charge in [0.05, 0.1) is 0 Å². The molecule has 20 heavy (non-hydrogen) atoms. The van der Waals surface area contributed by atoms with Gasteiger partial charge in [-0.05, 0) is 24.7 Å². The second-order valence-corrected chi connectivity index (χ2v) is 8.15. The molecule has 0 unspecified atom stereocenters. The van der Waals surface area contributed by atoms with Crippen LogP contribution < -0.4 is 5.32 Å². The van der Waals surface area contributed by atoms with Gasteiger partial charge in [-0.15, -0.1) is 0 Å². The first kappa shape index (κ1) is 15.6. The van der Waals surface area contributed by atoms with Gasteiger partial charge in [0.1, 0.15) is 10.7 Å². The minimum Gasteiger partial charge on any atom is -0.316 e. The lowest BCUT2D eigenvalue weighted by Gasteiger charge is -2.25. The molecule has 0 radical (unpaired) electrons. The Morgan fingerprint density at radius 3 is 2.60 bits per heavy atom. The third-order valence-electron chi connectivity index (χ3n) is 3.13. The van der Waals surface area contributed by atoms with E-state index in [1.165, 1.54) is 16.4 Å². The first-order valence-electron chi connectivity index (χ1n) is 6.23. The van der Waals surface area contributed by atoms with E-state index in [0.717, 1.165) is 0 Å². The molecule has 1 fully saturated rings. The maximum atomic E-state index is 13.9. The molecule has 0 atom stereocenters. The number of rotatable bonds is 4. The largest absolute Gasteiger partial charge is 0.316 e. The van der Waals surface area contributed by atoms with Gasteiger partial charge < -0.3 is 5.32 Å². The summed E-state index contributed by atoms with van der Waals surface area (Å²) in [6.45, 7) is 0.808. The third-order valence-corrected chi connectivity index (χ3v) is 6.32. The predicted molar refractivity (Wildman–Crippen MR) is 75.8 cm³/mol. The van der Waals surface area contributed by atoms with Crippen molar-refractivity contribution in [2.24, 2.45) is 0 Å². The smallest absolute Gasteiger partial charge is 0.246 e. The lowest BCUT2D eigenvalue weighted by atomic mass is 10.2. The van der Waals surface area contributed by atoms with Gasteiger partial charge in [0.25, 0.3) is 0 Å².